The van der Waals surface area contributed by atoms with Crippen LogP contribution in [0.1, 0.15) is 53.9 Å². The summed E-state index contributed by atoms with van der Waals surface area (Å²) < 4.78 is 0. The monoisotopic (exact) mass is 327 g/mol. The molecule has 0 aromatic carbocycles. The Bertz CT molecular complexity index is 619. The number of hydrogen-bond acceptors (Lipinski definition) is 2. The van der Waals surface area contributed by atoms with E-state index in [1.54, 1.807) is 17.8 Å². The molecule has 0 bridgehead atoms. The molecule has 0 spiro atoms. The maximum atomic E-state index is 8.68. The third kappa shape index (κ3) is 5.92. The topological polar surface area (TPSA) is 23.8 Å². The molecule has 0 aromatic rings. The van der Waals surface area contributed by atoms with E-state index >= 15 is 0 Å². The quantitative estimate of drug-likeness (QED) is 0.413. The molecule has 0 saturated carbocycles. The number of thioether (sulfide) groups is 1. The Labute approximate surface area is 146 Å². The van der Waals surface area contributed by atoms with Crippen molar-refractivity contribution in [3.63, 3.8) is 0 Å². The summed E-state index contributed by atoms with van der Waals surface area (Å²) in [6, 6.07) is 2.06. The molecule has 0 radical (unpaired) electrons. The molecule has 0 amide bonds. The normalized spacial score (nSPS) is 20.1. The molecule has 124 valence electrons. The minimum absolute atomic E-state index is 0.278. The second kappa shape index (κ2) is 8.99. The maximum absolute atomic E-state index is 8.68. The van der Waals surface area contributed by atoms with E-state index in [2.05, 4.69) is 58.2 Å². The highest BCUT2D eigenvalue weighted by Gasteiger charge is 2.26. The Morgan fingerprint density at radius 2 is 1.91 bits per heavy atom. The molecular weight excluding hydrogens is 298 g/mol. The van der Waals surface area contributed by atoms with Gasteiger partial charge >= 0.3 is 0 Å². The molecule has 0 aromatic heterocycles. The Morgan fingerprint density at radius 1 is 1.22 bits per heavy atom. The summed E-state index contributed by atoms with van der Waals surface area (Å²) in [6.07, 6.45) is 16.1. The first-order chi connectivity index (χ1) is 10.8. The molecule has 23 heavy (non-hydrogen) atoms. The van der Waals surface area contributed by atoms with E-state index in [-0.39, 0.29) is 5.41 Å². The van der Waals surface area contributed by atoms with Crippen LogP contribution >= 0.6 is 11.8 Å². The van der Waals surface area contributed by atoms with E-state index in [0.717, 1.165) is 5.57 Å². The van der Waals surface area contributed by atoms with Crippen LogP contribution in [0, 0.1) is 16.7 Å². The summed E-state index contributed by atoms with van der Waals surface area (Å²) in [4.78, 5) is 1.24. The molecule has 1 aliphatic carbocycles. The third-order valence-electron chi connectivity index (χ3n) is 4.44. The maximum Gasteiger partial charge on any atom is 0.0914 e. The van der Waals surface area contributed by atoms with Crippen molar-refractivity contribution >= 4 is 11.8 Å². The number of hydrogen-bond donors (Lipinski definition) is 0. The van der Waals surface area contributed by atoms with Crippen molar-refractivity contribution in [1.82, 2.24) is 0 Å². The standard InChI is InChI=1S/C21H29NS/c1-16(13-15-22)9-12-20(23-6)18(3)10-11-19-17(2)8-7-14-21(19,4)5/h9-13H,7-8,14H2,1-6H3/b11-10+,12-9+,16-13+,20-18-. The van der Waals surface area contributed by atoms with Crippen LogP contribution in [0.25, 0.3) is 0 Å². The molecule has 0 heterocycles. The van der Waals surface area contributed by atoms with Gasteiger partial charge < -0.3 is 0 Å². The summed E-state index contributed by atoms with van der Waals surface area (Å²) in [5.74, 6) is 0. The van der Waals surface area contributed by atoms with Gasteiger partial charge in [-0.1, -0.05) is 37.6 Å². The first-order valence-electron chi connectivity index (χ1n) is 8.19. The molecule has 0 aliphatic heterocycles. The van der Waals surface area contributed by atoms with Gasteiger partial charge in [-0.25, -0.2) is 0 Å². The highest BCUT2D eigenvalue weighted by Crippen LogP contribution is 2.40. The second-order valence-electron chi connectivity index (χ2n) is 6.87. The van der Waals surface area contributed by atoms with Gasteiger partial charge in [-0.3, -0.25) is 0 Å². The van der Waals surface area contributed by atoms with Gasteiger partial charge in [-0.05, 0) is 74.5 Å². The van der Waals surface area contributed by atoms with Crippen LogP contribution < -0.4 is 0 Å². The van der Waals surface area contributed by atoms with E-state index < -0.39 is 0 Å². The lowest BCUT2D eigenvalue weighted by atomic mass is 9.72. The zero-order chi connectivity index (χ0) is 17.5. The predicted molar refractivity (Wildman–Crippen MR) is 104 cm³/mol. The Morgan fingerprint density at radius 3 is 2.48 bits per heavy atom. The van der Waals surface area contributed by atoms with E-state index in [1.807, 2.05) is 13.0 Å². The molecule has 1 rings (SSSR count). The number of rotatable bonds is 5. The SMILES string of the molecule is CSC(/C=C/C(C)=C/C#N)=C(C)\C=C\C1=C(C)CCCC1(C)C. The van der Waals surface area contributed by atoms with Gasteiger partial charge in [-0.2, -0.15) is 5.26 Å². The van der Waals surface area contributed by atoms with E-state index in [0.29, 0.717) is 0 Å². The fraction of sp³-hybridized carbons (Fsp3) is 0.476. The largest absolute Gasteiger partial charge is 0.193 e. The summed E-state index contributed by atoms with van der Waals surface area (Å²) in [6.45, 7) is 11.1. The predicted octanol–water partition coefficient (Wildman–Crippen LogP) is 6.73. The molecular formula is C21H29NS. The molecule has 2 heteroatoms. The lowest BCUT2D eigenvalue weighted by Gasteiger charge is -2.33. The van der Waals surface area contributed by atoms with Crippen molar-refractivity contribution in [2.24, 2.45) is 5.41 Å². The van der Waals surface area contributed by atoms with Crippen LogP contribution in [0.4, 0.5) is 0 Å². The van der Waals surface area contributed by atoms with Crippen molar-refractivity contribution in [3.05, 3.63) is 57.6 Å². The molecule has 0 atom stereocenters. The van der Waals surface area contributed by atoms with Crippen LogP contribution in [0.5, 0.6) is 0 Å². The Kier molecular flexibility index (Phi) is 7.65. The van der Waals surface area contributed by atoms with Crippen LogP contribution in [-0.4, -0.2) is 6.26 Å². The van der Waals surface area contributed by atoms with Gasteiger partial charge in [0.15, 0.2) is 0 Å². The van der Waals surface area contributed by atoms with Gasteiger partial charge in [0.2, 0.25) is 0 Å². The van der Waals surface area contributed by atoms with Crippen molar-refractivity contribution < 1.29 is 0 Å². The fourth-order valence-corrected chi connectivity index (χ4v) is 3.61. The second-order valence-corrected chi connectivity index (χ2v) is 7.72. The van der Waals surface area contributed by atoms with Crippen molar-refractivity contribution in [3.8, 4) is 6.07 Å². The molecule has 1 aliphatic rings. The Balaban J connectivity index is 3.04. The van der Waals surface area contributed by atoms with Crippen LogP contribution in [0.3, 0.4) is 0 Å². The van der Waals surface area contributed by atoms with Crippen LogP contribution in [-0.2, 0) is 0 Å². The lowest BCUT2D eigenvalue weighted by Crippen LogP contribution is -2.19. The van der Waals surface area contributed by atoms with Gasteiger partial charge in [-0.15, -0.1) is 11.8 Å². The Hall–Kier alpha value is -1.46. The fourth-order valence-electron chi connectivity index (χ4n) is 3.02. The zero-order valence-electron chi connectivity index (χ0n) is 15.4. The smallest absolute Gasteiger partial charge is 0.0914 e. The summed E-state index contributed by atoms with van der Waals surface area (Å²) in [5, 5.41) is 8.68. The zero-order valence-corrected chi connectivity index (χ0v) is 16.2. The van der Waals surface area contributed by atoms with Gasteiger partial charge in [0.25, 0.3) is 0 Å². The highest BCUT2D eigenvalue weighted by atomic mass is 32.2. The van der Waals surface area contributed by atoms with E-state index in [9.17, 15) is 0 Å². The molecule has 0 unspecified atom stereocenters. The molecule has 0 N–H and O–H groups in total. The van der Waals surface area contributed by atoms with Gasteiger partial charge in [0.1, 0.15) is 0 Å². The number of nitriles is 1. The van der Waals surface area contributed by atoms with Gasteiger partial charge in [0.05, 0.1) is 6.07 Å². The number of allylic oxidation sites excluding steroid dienone is 9. The molecule has 0 saturated heterocycles. The van der Waals surface area contributed by atoms with E-state index in [4.69, 9.17) is 5.26 Å². The minimum Gasteiger partial charge on any atom is -0.193 e. The minimum atomic E-state index is 0.278. The summed E-state index contributed by atoms with van der Waals surface area (Å²) in [5.41, 5.74) is 5.54. The highest BCUT2D eigenvalue weighted by molar-refractivity contribution is 8.02. The first kappa shape index (κ1) is 19.6. The molecule has 0 fully saturated rings. The third-order valence-corrected chi connectivity index (χ3v) is 5.34. The van der Waals surface area contributed by atoms with Crippen molar-refractivity contribution in [2.75, 3.05) is 6.26 Å². The number of nitrogens with zero attached hydrogens (tertiary/aromatic N) is 1. The van der Waals surface area contributed by atoms with E-state index in [1.165, 1.54) is 40.9 Å². The van der Waals surface area contributed by atoms with Crippen molar-refractivity contribution in [1.29, 1.82) is 5.26 Å². The lowest BCUT2D eigenvalue weighted by molar-refractivity contribution is 0.377. The van der Waals surface area contributed by atoms with Crippen LogP contribution in [0.2, 0.25) is 0 Å². The van der Waals surface area contributed by atoms with Crippen molar-refractivity contribution in [2.45, 2.75) is 53.9 Å². The van der Waals surface area contributed by atoms with Gasteiger partial charge in [0, 0.05) is 11.0 Å². The average molecular weight is 328 g/mol. The van der Waals surface area contributed by atoms with Crippen LogP contribution in [0.15, 0.2) is 57.6 Å². The summed E-state index contributed by atoms with van der Waals surface area (Å²) >= 11 is 1.74. The summed E-state index contributed by atoms with van der Waals surface area (Å²) in [7, 11) is 0. The average Bonchev–Trinajstić information content (AvgIpc) is 2.47. The first-order valence-corrected chi connectivity index (χ1v) is 9.42. The molecule has 1 nitrogen and oxygen atoms in total.